The second kappa shape index (κ2) is 12.8. The summed E-state index contributed by atoms with van der Waals surface area (Å²) in [6.45, 7) is 0.00511. The maximum atomic E-state index is 14.4. The number of fused-ring (bicyclic) bond motifs is 2. The fourth-order valence-corrected chi connectivity index (χ4v) is 5.16. The third-order valence-corrected chi connectivity index (χ3v) is 7.48. The quantitative estimate of drug-likeness (QED) is 0.229. The number of rotatable bonds is 11. The molecule has 2 amide bonds. The summed E-state index contributed by atoms with van der Waals surface area (Å²) in [6, 6.07) is 23.9. The molecule has 1 aliphatic rings. The van der Waals surface area contributed by atoms with Gasteiger partial charge < -0.3 is 33.9 Å². The number of hydrogen-bond donors (Lipinski definition) is 1. The number of nitrogens with one attached hydrogen (secondary N) is 1. The summed E-state index contributed by atoms with van der Waals surface area (Å²) in [6.07, 6.45) is 0. The van der Waals surface area contributed by atoms with Gasteiger partial charge in [-0.2, -0.15) is 0 Å². The predicted molar refractivity (Wildman–Crippen MR) is 165 cm³/mol. The van der Waals surface area contributed by atoms with Crippen LogP contribution in [0.3, 0.4) is 0 Å². The van der Waals surface area contributed by atoms with Crippen LogP contribution in [-0.4, -0.2) is 59.8 Å². The number of para-hydroxylation sites is 1. The molecule has 4 aromatic carbocycles. The first-order valence-electron chi connectivity index (χ1n) is 14.1. The highest BCUT2D eigenvalue weighted by atomic mass is 16.7. The summed E-state index contributed by atoms with van der Waals surface area (Å²) in [7, 11) is 4.63. The average Bonchev–Trinajstić information content (AvgIpc) is 3.72. The summed E-state index contributed by atoms with van der Waals surface area (Å²) in [5, 5.41) is 11.4. The van der Waals surface area contributed by atoms with Gasteiger partial charge in [0.2, 0.25) is 12.7 Å². The van der Waals surface area contributed by atoms with Crippen LogP contribution in [0.25, 0.3) is 11.0 Å². The lowest BCUT2D eigenvalue weighted by molar-refractivity contribution is -0.140. The van der Waals surface area contributed by atoms with E-state index in [1.807, 2.05) is 36.4 Å². The Morgan fingerprint density at radius 1 is 0.889 bits per heavy atom. The number of carbonyl (C=O) groups is 2. The van der Waals surface area contributed by atoms with Crippen molar-refractivity contribution in [3.05, 3.63) is 96.1 Å². The maximum Gasteiger partial charge on any atom is 0.251 e. The third kappa shape index (κ3) is 6.16. The van der Waals surface area contributed by atoms with Crippen LogP contribution < -0.4 is 29.0 Å². The molecule has 12 heteroatoms. The molecule has 1 aliphatic heterocycles. The zero-order chi connectivity index (χ0) is 31.3. The molecule has 230 valence electrons. The molecule has 1 aromatic heterocycles. The van der Waals surface area contributed by atoms with Gasteiger partial charge in [-0.05, 0) is 59.7 Å². The largest absolute Gasteiger partial charge is 0.497 e. The van der Waals surface area contributed by atoms with Crippen molar-refractivity contribution in [2.45, 2.75) is 19.1 Å². The molecule has 45 heavy (non-hydrogen) atoms. The van der Waals surface area contributed by atoms with Gasteiger partial charge in [0.05, 0.1) is 32.5 Å². The van der Waals surface area contributed by atoms with Crippen molar-refractivity contribution >= 4 is 28.5 Å². The van der Waals surface area contributed by atoms with Crippen LogP contribution in [0.4, 0.5) is 5.69 Å². The monoisotopic (exact) mass is 609 g/mol. The van der Waals surface area contributed by atoms with Gasteiger partial charge >= 0.3 is 0 Å². The van der Waals surface area contributed by atoms with Crippen molar-refractivity contribution in [3.8, 4) is 28.7 Å². The molecule has 0 saturated heterocycles. The Kier molecular flexibility index (Phi) is 8.36. The maximum absolute atomic E-state index is 14.4. The first kappa shape index (κ1) is 29.3. The minimum Gasteiger partial charge on any atom is -0.497 e. The molecular formula is C33H31N5O7. The van der Waals surface area contributed by atoms with Crippen LogP contribution in [-0.2, 0) is 22.7 Å². The topological polar surface area (TPSA) is 126 Å². The van der Waals surface area contributed by atoms with Gasteiger partial charge in [-0.25, -0.2) is 4.68 Å². The first-order chi connectivity index (χ1) is 22.0. The second-order valence-electron chi connectivity index (χ2n) is 10.2. The van der Waals surface area contributed by atoms with Gasteiger partial charge in [-0.1, -0.05) is 35.5 Å². The normalized spacial score (nSPS) is 12.4. The highest BCUT2D eigenvalue weighted by Crippen LogP contribution is 2.37. The summed E-state index contributed by atoms with van der Waals surface area (Å²) >= 11 is 0. The van der Waals surface area contributed by atoms with E-state index in [0.29, 0.717) is 51.0 Å². The molecule has 1 atom stereocenters. The highest BCUT2D eigenvalue weighted by molar-refractivity contribution is 5.99. The molecule has 1 N–H and O–H groups in total. The first-order valence-corrected chi connectivity index (χ1v) is 14.1. The standard InChI is InChI=1S/C33H31N5O7/c1-41-23-11-8-21(9-12-23)18-37(31(39)19-38-27-7-5-4-6-25(27)35-36-38)32(22-10-15-28-30(16-22)45-20-44-28)33(40)34-26-14-13-24(42-2)17-29(26)43-3/h4-17,32H,18-20H2,1-3H3,(H,34,40). The van der Waals surface area contributed by atoms with Crippen LogP contribution in [0.5, 0.6) is 28.7 Å². The number of aromatic nitrogens is 3. The fourth-order valence-electron chi connectivity index (χ4n) is 5.16. The molecule has 5 aromatic rings. The molecule has 0 spiro atoms. The molecule has 1 unspecified atom stereocenters. The number of ether oxygens (including phenoxy) is 5. The zero-order valence-electron chi connectivity index (χ0n) is 24.9. The minimum absolute atomic E-state index is 0.0621. The molecular weight excluding hydrogens is 578 g/mol. The van der Waals surface area contributed by atoms with E-state index in [-0.39, 0.29) is 25.8 Å². The predicted octanol–water partition coefficient (Wildman–Crippen LogP) is 4.59. The molecule has 6 rings (SSSR count). The van der Waals surface area contributed by atoms with Crippen molar-refractivity contribution in [1.29, 1.82) is 0 Å². The van der Waals surface area contributed by atoms with E-state index in [2.05, 4.69) is 15.6 Å². The summed E-state index contributed by atoms with van der Waals surface area (Å²) in [5.74, 6) is 1.83. The van der Waals surface area contributed by atoms with Crippen molar-refractivity contribution in [1.82, 2.24) is 19.9 Å². The Morgan fingerprint density at radius 2 is 1.64 bits per heavy atom. The Labute approximate surface area is 259 Å². The number of hydrogen-bond acceptors (Lipinski definition) is 9. The molecule has 2 heterocycles. The van der Waals surface area contributed by atoms with E-state index in [0.717, 1.165) is 5.56 Å². The zero-order valence-corrected chi connectivity index (χ0v) is 24.9. The van der Waals surface area contributed by atoms with Gasteiger partial charge in [-0.3, -0.25) is 9.59 Å². The average molecular weight is 610 g/mol. The smallest absolute Gasteiger partial charge is 0.251 e. The van der Waals surface area contributed by atoms with Crippen LogP contribution in [0.1, 0.15) is 17.2 Å². The summed E-state index contributed by atoms with van der Waals surface area (Å²) in [5.41, 5.74) is 3.07. The van der Waals surface area contributed by atoms with E-state index < -0.39 is 11.9 Å². The molecule has 0 bridgehead atoms. The van der Waals surface area contributed by atoms with Gasteiger partial charge in [0, 0.05) is 12.6 Å². The van der Waals surface area contributed by atoms with E-state index in [1.165, 1.54) is 16.7 Å². The van der Waals surface area contributed by atoms with Crippen molar-refractivity contribution in [2.75, 3.05) is 33.4 Å². The molecule has 0 radical (unpaired) electrons. The number of methoxy groups -OCH3 is 3. The Balaban J connectivity index is 1.42. The van der Waals surface area contributed by atoms with Crippen molar-refractivity contribution in [2.24, 2.45) is 0 Å². The Bertz CT molecular complexity index is 1840. The molecule has 0 fully saturated rings. The highest BCUT2D eigenvalue weighted by Gasteiger charge is 2.34. The summed E-state index contributed by atoms with van der Waals surface area (Å²) in [4.78, 5) is 30.2. The van der Waals surface area contributed by atoms with Gasteiger partial charge in [0.25, 0.3) is 5.91 Å². The SMILES string of the molecule is COc1ccc(CN(C(=O)Cn2nnc3ccccc32)C(C(=O)Nc2ccc(OC)cc2OC)c2ccc3c(c2)OCO3)cc1. The van der Waals surface area contributed by atoms with Crippen LogP contribution in [0.15, 0.2) is 84.9 Å². The second-order valence-corrected chi connectivity index (χ2v) is 10.2. The molecule has 12 nitrogen and oxygen atoms in total. The van der Waals surface area contributed by atoms with Gasteiger partial charge in [-0.15, -0.1) is 5.10 Å². The van der Waals surface area contributed by atoms with Crippen LogP contribution in [0, 0.1) is 0 Å². The molecule has 0 saturated carbocycles. The van der Waals surface area contributed by atoms with Gasteiger partial charge in [0.15, 0.2) is 11.5 Å². The van der Waals surface area contributed by atoms with Crippen LogP contribution >= 0.6 is 0 Å². The van der Waals surface area contributed by atoms with Gasteiger partial charge in [0.1, 0.15) is 35.4 Å². The number of carbonyl (C=O) groups excluding carboxylic acids is 2. The van der Waals surface area contributed by atoms with E-state index >= 15 is 0 Å². The Morgan fingerprint density at radius 3 is 2.42 bits per heavy atom. The van der Waals surface area contributed by atoms with E-state index in [4.69, 9.17) is 23.7 Å². The third-order valence-electron chi connectivity index (χ3n) is 7.48. The van der Waals surface area contributed by atoms with E-state index in [9.17, 15) is 9.59 Å². The lowest BCUT2D eigenvalue weighted by Gasteiger charge is -2.32. The Hall–Kier alpha value is -5.78. The number of anilines is 1. The van der Waals surface area contributed by atoms with E-state index in [1.54, 1.807) is 62.8 Å². The van der Waals surface area contributed by atoms with Crippen LogP contribution in [0.2, 0.25) is 0 Å². The summed E-state index contributed by atoms with van der Waals surface area (Å²) < 4.78 is 28.9. The lowest BCUT2D eigenvalue weighted by Crippen LogP contribution is -2.42. The number of amides is 2. The van der Waals surface area contributed by atoms with Crippen molar-refractivity contribution in [3.63, 3.8) is 0 Å². The number of nitrogens with zero attached hydrogens (tertiary/aromatic N) is 4. The molecule has 0 aliphatic carbocycles. The van der Waals surface area contributed by atoms with Crippen molar-refractivity contribution < 1.29 is 33.3 Å². The fraction of sp³-hybridized carbons (Fsp3) is 0.212. The lowest BCUT2D eigenvalue weighted by atomic mass is 10.0. The number of benzene rings is 4. The minimum atomic E-state index is -1.10.